The Morgan fingerprint density at radius 2 is 1.69 bits per heavy atom. The molecule has 26 heavy (non-hydrogen) atoms. The number of hydrogen-bond acceptors (Lipinski definition) is 2. The summed E-state index contributed by atoms with van der Waals surface area (Å²) < 4.78 is 3.48. The van der Waals surface area contributed by atoms with Gasteiger partial charge in [0.15, 0.2) is 5.69 Å². The fraction of sp³-hybridized carbons (Fsp3) is 0.143. The molecule has 5 nitrogen and oxygen atoms in total. The number of H-pyrrole nitrogens is 1. The Hall–Kier alpha value is -3.34. The van der Waals surface area contributed by atoms with Gasteiger partial charge in [-0.05, 0) is 32.0 Å². The zero-order valence-electron chi connectivity index (χ0n) is 15.0. The van der Waals surface area contributed by atoms with Crippen LogP contribution in [0.5, 0.6) is 0 Å². The first-order valence-corrected chi connectivity index (χ1v) is 8.53. The Bertz CT molecular complexity index is 1180. The van der Waals surface area contributed by atoms with Crippen LogP contribution in [-0.4, -0.2) is 20.6 Å². The van der Waals surface area contributed by atoms with E-state index in [1.807, 2.05) is 74.1 Å². The summed E-state index contributed by atoms with van der Waals surface area (Å²) in [5, 5.41) is 1.10. The molecular weight excluding hydrogens is 324 g/mol. The molecule has 0 bridgehead atoms. The lowest BCUT2D eigenvalue weighted by Crippen LogP contribution is -2.19. The SMILES string of the molecule is Cc1[nH]c2ccccc2c1C=Nc1c(C)n(C)n(-c2ccccc2)c1=O. The van der Waals surface area contributed by atoms with E-state index in [9.17, 15) is 4.79 Å². The number of rotatable bonds is 3. The molecule has 0 fully saturated rings. The summed E-state index contributed by atoms with van der Waals surface area (Å²) in [4.78, 5) is 20.9. The molecule has 2 aromatic heterocycles. The molecule has 130 valence electrons. The fourth-order valence-electron chi connectivity index (χ4n) is 3.30. The average Bonchev–Trinajstić information content (AvgIpc) is 3.08. The van der Waals surface area contributed by atoms with Crippen molar-refractivity contribution in [3.63, 3.8) is 0 Å². The zero-order valence-corrected chi connectivity index (χ0v) is 15.0. The van der Waals surface area contributed by atoms with E-state index in [2.05, 4.69) is 16.0 Å². The van der Waals surface area contributed by atoms with Crippen LogP contribution in [0.4, 0.5) is 5.69 Å². The molecule has 5 heteroatoms. The van der Waals surface area contributed by atoms with Crippen molar-refractivity contribution < 1.29 is 0 Å². The molecule has 4 rings (SSSR count). The third-order valence-electron chi connectivity index (χ3n) is 4.79. The molecule has 0 saturated heterocycles. The van der Waals surface area contributed by atoms with Crippen molar-refractivity contribution in [2.24, 2.45) is 12.0 Å². The van der Waals surface area contributed by atoms with Crippen molar-refractivity contribution in [3.05, 3.63) is 81.9 Å². The minimum absolute atomic E-state index is 0.120. The summed E-state index contributed by atoms with van der Waals surface area (Å²) in [6.07, 6.45) is 1.78. The number of para-hydroxylation sites is 2. The largest absolute Gasteiger partial charge is 0.358 e. The van der Waals surface area contributed by atoms with Gasteiger partial charge in [-0.1, -0.05) is 36.4 Å². The fourth-order valence-corrected chi connectivity index (χ4v) is 3.30. The Balaban J connectivity index is 1.83. The highest BCUT2D eigenvalue weighted by atomic mass is 16.1. The van der Waals surface area contributed by atoms with Gasteiger partial charge >= 0.3 is 0 Å². The standard InChI is InChI=1S/C21H20N4O/c1-14-18(17-11-7-8-12-19(17)23-14)13-22-20-15(2)24(3)25(21(20)26)16-9-5-4-6-10-16/h4-13,23H,1-3H3. The average molecular weight is 344 g/mol. The molecule has 0 aliphatic heterocycles. The molecule has 2 heterocycles. The number of aryl methyl sites for hydroxylation is 1. The lowest BCUT2D eigenvalue weighted by molar-refractivity contribution is 0.630. The Kier molecular flexibility index (Phi) is 3.84. The maximum Gasteiger partial charge on any atom is 0.297 e. The molecule has 0 aliphatic carbocycles. The van der Waals surface area contributed by atoms with E-state index in [4.69, 9.17) is 0 Å². The van der Waals surface area contributed by atoms with Crippen LogP contribution in [0.25, 0.3) is 16.6 Å². The second-order valence-corrected chi connectivity index (χ2v) is 6.38. The highest BCUT2D eigenvalue weighted by Crippen LogP contribution is 2.22. The lowest BCUT2D eigenvalue weighted by Gasteiger charge is -2.07. The van der Waals surface area contributed by atoms with Gasteiger partial charge in [-0.15, -0.1) is 0 Å². The number of fused-ring (bicyclic) bond motifs is 1. The zero-order chi connectivity index (χ0) is 18.3. The molecule has 0 atom stereocenters. The number of aliphatic imine (C=N–C) groups is 1. The van der Waals surface area contributed by atoms with E-state index in [-0.39, 0.29) is 5.56 Å². The van der Waals surface area contributed by atoms with Crippen molar-refractivity contribution in [2.75, 3.05) is 0 Å². The monoisotopic (exact) mass is 344 g/mol. The van der Waals surface area contributed by atoms with E-state index in [0.717, 1.165) is 33.5 Å². The van der Waals surface area contributed by atoms with E-state index in [1.54, 1.807) is 10.9 Å². The Morgan fingerprint density at radius 3 is 2.46 bits per heavy atom. The minimum Gasteiger partial charge on any atom is -0.358 e. The minimum atomic E-state index is -0.120. The van der Waals surface area contributed by atoms with Crippen LogP contribution in [0, 0.1) is 13.8 Å². The number of aromatic nitrogens is 3. The van der Waals surface area contributed by atoms with Crippen LogP contribution in [0.2, 0.25) is 0 Å². The summed E-state index contributed by atoms with van der Waals surface area (Å²) in [5.74, 6) is 0. The van der Waals surface area contributed by atoms with Crippen LogP contribution >= 0.6 is 0 Å². The Morgan fingerprint density at radius 1 is 1.00 bits per heavy atom. The maximum absolute atomic E-state index is 12.9. The predicted molar refractivity (Wildman–Crippen MR) is 106 cm³/mol. The first kappa shape index (κ1) is 16.1. The first-order chi connectivity index (χ1) is 12.6. The third kappa shape index (κ3) is 2.49. The van der Waals surface area contributed by atoms with Crippen LogP contribution in [0.3, 0.4) is 0 Å². The molecule has 4 aromatic rings. The number of benzene rings is 2. The predicted octanol–water partition coefficient (Wildman–Crippen LogP) is 4.02. The molecule has 2 aromatic carbocycles. The Labute approximate surface area is 151 Å². The van der Waals surface area contributed by atoms with Gasteiger partial charge in [0.05, 0.1) is 11.4 Å². The van der Waals surface area contributed by atoms with Gasteiger partial charge in [0.1, 0.15) is 0 Å². The van der Waals surface area contributed by atoms with Gasteiger partial charge in [0.2, 0.25) is 0 Å². The van der Waals surface area contributed by atoms with Crippen molar-refractivity contribution in [1.29, 1.82) is 0 Å². The summed E-state index contributed by atoms with van der Waals surface area (Å²) >= 11 is 0. The summed E-state index contributed by atoms with van der Waals surface area (Å²) in [6.45, 7) is 3.93. The van der Waals surface area contributed by atoms with E-state index in [1.165, 1.54) is 0 Å². The maximum atomic E-state index is 12.9. The smallest absolute Gasteiger partial charge is 0.297 e. The van der Waals surface area contributed by atoms with Crippen molar-refractivity contribution in [3.8, 4) is 5.69 Å². The summed E-state index contributed by atoms with van der Waals surface area (Å²) in [7, 11) is 1.87. The van der Waals surface area contributed by atoms with Crippen molar-refractivity contribution in [1.82, 2.24) is 14.3 Å². The van der Waals surface area contributed by atoms with E-state index in [0.29, 0.717) is 5.69 Å². The van der Waals surface area contributed by atoms with Gasteiger partial charge in [-0.3, -0.25) is 9.48 Å². The molecule has 0 spiro atoms. The molecular formula is C21H20N4O. The second kappa shape index (κ2) is 6.19. The van der Waals surface area contributed by atoms with Gasteiger partial charge < -0.3 is 4.98 Å². The van der Waals surface area contributed by atoms with Crippen molar-refractivity contribution >= 4 is 22.8 Å². The normalized spacial score (nSPS) is 11.7. The number of hydrogen-bond donors (Lipinski definition) is 1. The van der Waals surface area contributed by atoms with Gasteiger partial charge in [-0.25, -0.2) is 9.67 Å². The summed E-state index contributed by atoms with van der Waals surface area (Å²) in [6, 6.07) is 17.7. The lowest BCUT2D eigenvalue weighted by atomic mass is 10.1. The van der Waals surface area contributed by atoms with Gasteiger partial charge in [0.25, 0.3) is 5.56 Å². The highest BCUT2D eigenvalue weighted by molar-refractivity contribution is 6.01. The molecule has 0 unspecified atom stereocenters. The molecule has 0 radical (unpaired) electrons. The molecule has 0 aliphatic rings. The topological polar surface area (TPSA) is 55.1 Å². The van der Waals surface area contributed by atoms with E-state index < -0.39 is 0 Å². The van der Waals surface area contributed by atoms with Gasteiger partial charge in [0, 0.05) is 35.4 Å². The molecule has 0 saturated carbocycles. The second-order valence-electron chi connectivity index (χ2n) is 6.38. The van der Waals surface area contributed by atoms with Crippen LogP contribution in [-0.2, 0) is 7.05 Å². The van der Waals surface area contributed by atoms with Gasteiger partial charge in [-0.2, -0.15) is 0 Å². The molecule has 1 N–H and O–H groups in total. The first-order valence-electron chi connectivity index (χ1n) is 8.53. The van der Waals surface area contributed by atoms with Crippen LogP contribution in [0.15, 0.2) is 64.4 Å². The summed E-state index contributed by atoms with van der Waals surface area (Å²) in [5.41, 5.74) is 5.10. The van der Waals surface area contributed by atoms with Crippen molar-refractivity contribution in [2.45, 2.75) is 13.8 Å². The number of nitrogens with one attached hydrogen (secondary N) is 1. The number of nitrogens with zero attached hydrogens (tertiary/aromatic N) is 3. The third-order valence-corrected chi connectivity index (χ3v) is 4.79. The highest BCUT2D eigenvalue weighted by Gasteiger charge is 2.15. The molecule has 0 amide bonds. The van der Waals surface area contributed by atoms with Crippen LogP contribution in [0.1, 0.15) is 17.0 Å². The number of aromatic amines is 1. The van der Waals surface area contributed by atoms with E-state index >= 15 is 0 Å². The quantitative estimate of drug-likeness (QED) is 0.561. The van der Waals surface area contributed by atoms with Crippen LogP contribution < -0.4 is 5.56 Å².